The first kappa shape index (κ1) is 21.9. The third kappa shape index (κ3) is 4.94. The average Bonchev–Trinajstić information content (AvgIpc) is 2.57. The Morgan fingerprint density at radius 3 is 2.52 bits per heavy atom. The molecule has 0 unspecified atom stereocenters. The van der Waals surface area contributed by atoms with E-state index in [1.54, 1.807) is 9.80 Å². The molecule has 1 amide bonds. The second-order valence-electron chi connectivity index (χ2n) is 5.92. The van der Waals surface area contributed by atoms with Crippen molar-refractivity contribution >= 4 is 36.4 Å². The fourth-order valence-electron chi connectivity index (χ4n) is 3.10. The summed E-state index contributed by atoms with van der Waals surface area (Å²) in [5.41, 5.74) is 0.254. The second-order valence-corrected chi connectivity index (χ2v) is 5.92. The fourth-order valence-corrected chi connectivity index (χ4v) is 3.10. The van der Waals surface area contributed by atoms with Gasteiger partial charge in [0.25, 0.3) is 0 Å². The summed E-state index contributed by atoms with van der Waals surface area (Å²) in [5.74, 6) is -0.893. The summed E-state index contributed by atoms with van der Waals surface area (Å²) in [5, 5.41) is 3.19. The zero-order valence-electron chi connectivity index (χ0n) is 13.9. The lowest BCUT2D eigenvalue weighted by Gasteiger charge is -2.39. The summed E-state index contributed by atoms with van der Waals surface area (Å²) in [6.07, 6.45) is -0.157. The second kappa shape index (κ2) is 9.52. The van der Waals surface area contributed by atoms with Gasteiger partial charge in [0, 0.05) is 38.8 Å². The Labute approximate surface area is 158 Å². The average molecular weight is 398 g/mol. The van der Waals surface area contributed by atoms with Crippen molar-refractivity contribution < 1.29 is 18.3 Å². The highest BCUT2D eigenvalue weighted by atomic mass is 35.5. The number of hydrogen-bond donors (Lipinski definition) is 1. The molecule has 2 atom stereocenters. The monoisotopic (exact) mass is 397 g/mol. The topological polar surface area (TPSA) is 44.8 Å². The number of halogens is 4. The zero-order valence-corrected chi connectivity index (χ0v) is 15.5. The van der Waals surface area contributed by atoms with Gasteiger partial charge in [0.15, 0.2) is 0 Å². The summed E-state index contributed by atoms with van der Waals surface area (Å²) in [6, 6.07) is 3.11. The van der Waals surface area contributed by atoms with Crippen LogP contribution in [0.1, 0.15) is 6.92 Å². The number of anilines is 1. The maximum atomic E-state index is 13.8. The van der Waals surface area contributed by atoms with Crippen molar-refractivity contribution in [3.8, 4) is 0 Å². The molecule has 2 fully saturated rings. The first-order valence-corrected chi connectivity index (χ1v) is 7.90. The van der Waals surface area contributed by atoms with E-state index in [2.05, 4.69) is 5.32 Å². The molecule has 0 saturated carbocycles. The Hall–Kier alpha value is -1.15. The van der Waals surface area contributed by atoms with Gasteiger partial charge >= 0.3 is 0 Å². The van der Waals surface area contributed by atoms with Crippen molar-refractivity contribution in [3.05, 3.63) is 29.8 Å². The van der Waals surface area contributed by atoms with Gasteiger partial charge in [0.05, 0.1) is 18.4 Å². The molecule has 1 N–H and O–H groups in total. The van der Waals surface area contributed by atoms with Crippen LogP contribution in [-0.4, -0.2) is 62.3 Å². The van der Waals surface area contributed by atoms with E-state index in [9.17, 15) is 13.6 Å². The van der Waals surface area contributed by atoms with Gasteiger partial charge in [-0.25, -0.2) is 8.78 Å². The van der Waals surface area contributed by atoms with Crippen LogP contribution in [0.15, 0.2) is 18.2 Å². The van der Waals surface area contributed by atoms with Crippen LogP contribution in [0.4, 0.5) is 14.5 Å². The van der Waals surface area contributed by atoms with E-state index in [0.717, 1.165) is 12.1 Å². The largest absolute Gasteiger partial charge is 0.375 e. The van der Waals surface area contributed by atoms with Crippen LogP contribution >= 0.6 is 24.8 Å². The highest BCUT2D eigenvalue weighted by Crippen LogP contribution is 2.22. The van der Waals surface area contributed by atoms with Gasteiger partial charge in [0.2, 0.25) is 5.91 Å². The minimum Gasteiger partial charge on any atom is -0.375 e. The molecule has 0 radical (unpaired) electrons. The Morgan fingerprint density at radius 1 is 1.20 bits per heavy atom. The number of benzene rings is 1. The predicted molar refractivity (Wildman–Crippen MR) is 96.9 cm³/mol. The maximum absolute atomic E-state index is 13.8. The molecule has 0 bridgehead atoms. The van der Waals surface area contributed by atoms with Crippen molar-refractivity contribution in [2.75, 3.05) is 44.2 Å². The minimum absolute atomic E-state index is 0. The van der Waals surface area contributed by atoms with E-state index < -0.39 is 11.6 Å². The lowest BCUT2D eigenvalue weighted by Crippen LogP contribution is -2.59. The number of ether oxygens (including phenoxy) is 1. The van der Waals surface area contributed by atoms with Crippen molar-refractivity contribution in [2.45, 2.75) is 19.1 Å². The fraction of sp³-hybridized carbons (Fsp3) is 0.562. The number of nitrogens with zero attached hydrogens (tertiary/aromatic N) is 2. The first-order chi connectivity index (χ1) is 11.1. The van der Waals surface area contributed by atoms with E-state index in [1.807, 2.05) is 6.92 Å². The van der Waals surface area contributed by atoms with E-state index in [1.165, 1.54) is 6.07 Å². The van der Waals surface area contributed by atoms with Crippen LogP contribution in [0.5, 0.6) is 0 Å². The number of morpholine rings is 1. The SMILES string of the molecule is C[C@H]1OCCN[C@@H]1C(=O)N1CCN(c2cc(F)ccc2F)CC1.Cl.Cl. The highest BCUT2D eigenvalue weighted by Gasteiger charge is 2.33. The summed E-state index contributed by atoms with van der Waals surface area (Å²) >= 11 is 0. The van der Waals surface area contributed by atoms with Crippen molar-refractivity contribution in [1.82, 2.24) is 10.2 Å². The van der Waals surface area contributed by atoms with Gasteiger partial charge in [-0.15, -0.1) is 24.8 Å². The number of amides is 1. The molecule has 3 rings (SSSR count). The molecule has 2 aliphatic heterocycles. The number of hydrogen-bond acceptors (Lipinski definition) is 4. The molecular formula is C16H23Cl2F2N3O2. The van der Waals surface area contributed by atoms with Gasteiger partial charge in [-0.3, -0.25) is 4.79 Å². The van der Waals surface area contributed by atoms with E-state index in [-0.39, 0.29) is 48.6 Å². The lowest BCUT2D eigenvalue weighted by atomic mass is 10.1. The van der Waals surface area contributed by atoms with Crippen LogP contribution in [0.2, 0.25) is 0 Å². The molecule has 25 heavy (non-hydrogen) atoms. The normalized spacial score (nSPS) is 23.5. The maximum Gasteiger partial charge on any atom is 0.242 e. The smallest absolute Gasteiger partial charge is 0.242 e. The molecule has 142 valence electrons. The third-order valence-corrected chi connectivity index (χ3v) is 4.42. The number of nitrogens with one attached hydrogen (secondary N) is 1. The molecule has 1 aromatic carbocycles. The lowest BCUT2D eigenvalue weighted by molar-refractivity contribution is -0.139. The third-order valence-electron chi connectivity index (χ3n) is 4.42. The van der Waals surface area contributed by atoms with E-state index in [4.69, 9.17) is 4.74 Å². The van der Waals surface area contributed by atoms with E-state index >= 15 is 0 Å². The Morgan fingerprint density at radius 2 is 1.88 bits per heavy atom. The Balaban J connectivity index is 0.00000156. The van der Waals surface area contributed by atoms with Crippen molar-refractivity contribution in [1.29, 1.82) is 0 Å². The molecule has 1 aromatic rings. The molecule has 2 heterocycles. The van der Waals surface area contributed by atoms with Crippen LogP contribution in [-0.2, 0) is 9.53 Å². The number of rotatable bonds is 2. The zero-order chi connectivity index (χ0) is 16.4. The van der Waals surface area contributed by atoms with Crippen LogP contribution in [0.25, 0.3) is 0 Å². The van der Waals surface area contributed by atoms with Gasteiger partial charge in [-0.2, -0.15) is 0 Å². The predicted octanol–water partition coefficient (Wildman–Crippen LogP) is 1.83. The standard InChI is InChI=1S/C16H21F2N3O2.2ClH/c1-11-15(19-4-9-23-11)16(22)21-7-5-20(6-8-21)14-10-12(17)2-3-13(14)18;;/h2-3,10-11,15,19H,4-9H2,1H3;2*1H/t11-,15+;;/m1../s1. The molecule has 2 saturated heterocycles. The highest BCUT2D eigenvalue weighted by molar-refractivity contribution is 5.85. The van der Waals surface area contributed by atoms with Crippen LogP contribution in [0, 0.1) is 11.6 Å². The molecule has 5 nitrogen and oxygen atoms in total. The van der Waals surface area contributed by atoms with Crippen LogP contribution < -0.4 is 10.2 Å². The number of carbonyl (C=O) groups is 1. The quantitative estimate of drug-likeness (QED) is 0.826. The van der Waals surface area contributed by atoms with Gasteiger partial charge in [-0.1, -0.05) is 0 Å². The first-order valence-electron chi connectivity index (χ1n) is 7.90. The minimum atomic E-state index is -0.461. The Bertz CT molecular complexity index is 586. The van der Waals surface area contributed by atoms with E-state index in [0.29, 0.717) is 39.3 Å². The molecule has 0 aliphatic carbocycles. The molecule has 0 spiro atoms. The Kier molecular flexibility index (Phi) is 8.34. The summed E-state index contributed by atoms with van der Waals surface area (Å²) in [7, 11) is 0. The number of piperazine rings is 1. The van der Waals surface area contributed by atoms with Gasteiger partial charge in [0.1, 0.15) is 17.7 Å². The molecular weight excluding hydrogens is 375 g/mol. The van der Waals surface area contributed by atoms with Crippen molar-refractivity contribution in [2.24, 2.45) is 0 Å². The summed E-state index contributed by atoms with van der Waals surface area (Å²) in [6.45, 7) is 5.08. The van der Waals surface area contributed by atoms with Gasteiger partial charge in [-0.05, 0) is 19.1 Å². The molecule has 9 heteroatoms. The summed E-state index contributed by atoms with van der Waals surface area (Å²) in [4.78, 5) is 16.1. The molecule has 0 aromatic heterocycles. The molecule has 2 aliphatic rings. The van der Waals surface area contributed by atoms with Crippen LogP contribution in [0.3, 0.4) is 0 Å². The number of carbonyl (C=O) groups excluding carboxylic acids is 1. The van der Waals surface area contributed by atoms with Crippen molar-refractivity contribution in [3.63, 3.8) is 0 Å². The summed E-state index contributed by atoms with van der Waals surface area (Å²) < 4.78 is 32.7. The van der Waals surface area contributed by atoms with Gasteiger partial charge < -0.3 is 19.9 Å².